The van der Waals surface area contributed by atoms with Gasteiger partial charge >= 0.3 is 0 Å². The van der Waals surface area contributed by atoms with Crippen molar-refractivity contribution < 1.29 is 4.74 Å². The number of ether oxygens (including phenoxy) is 1. The molecule has 0 heterocycles. The zero-order valence-corrected chi connectivity index (χ0v) is 8.73. The van der Waals surface area contributed by atoms with E-state index in [1.165, 1.54) is 25.7 Å². The summed E-state index contributed by atoms with van der Waals surface area (Å²) in [6.07, 6.45) is 4.86. The van der Waals surface area contributed by atoms with Crippen molar-refractivity contribution in [1.82, 2.24) is 5.32 Å². The molecule has 0 bridgehead atoms. The first-order chi connectivity index (χ1) is 5.85. The van der Waals surface area contributed by atoms with Gasteiger partial charge in [-0.05, 0) is 32.2 Å². The van der Waals surface area contributed by atoms with Gasteiger partial charge in [0.25, 0.3) is 0 Å². The maximum absolute atomic E-state index is 5.01. The SMILES string of the molecule is CCCNC(CC)CCCOC. The first-order valence-electron chi connectivity index (χ1n) is 5.07. The molecule has 74 valence electrons. The summed E-state index contributed by atoms with van der Waals surface area (Å²) >= 11 is 0. The van der Waals surface area contributed by atoms with E-state index in [1.807, 2.05) is 0 Å². The monoisotopic (exact) mass is 173 g/mol. The Hall–Kier alpha value is -0.0800. The highest BCUT2D eigenvalue weighted by molar-refractivity contribution is 4.63. The number of hydrogen-bond acceptors (Lipinski definition) is 2. The molecule has 1 unspecified atom stereocenters. The number of rotatable bonds is 8. The highest BCUT2D eigenvalue weighted by Crippen LogP contribution is 2.01. The van der Waals surface area contributed by atoms with Crippen LogP contribution in [0.5, 0.6) is 0 Å². The molecule has 0 aliphatic rings. The van der Waals surface area contributed by atoms with E-state index in [9.17, 15) is 0 Å². The molecule has 0 rings (SSSR count). The van der Waals surface area contributed by atoms with E-state index in [4.69, 9.17) is 4.74 Å². The van der Waals surface area contributed by atoms with Gasteiger partial charge in [-0.15, -0.1) is 0 Å². The second kappa shape index (κ2) is 9.01. The van der Waals surface area contributed by atoms with Gasteiger partial charge in [0, 0.05) is 19.8 Å². The Labute approximate surface area is 76.7 Å². The molecule has 2 nitrogen and oxygen atoms in total. The van der Waals surface area contributed by atoms with E-state index in [1.54, 1.807) is 7.11 Å². The summed E-state index contributed by atoms with van der Waals surface area (Å²) < 4.78 is 5.01. The predicted molar refractivity (Wildman–Crippen MR) is 53.5 cm³/mol. The third-order valence-electron chi connectivity index (χ3n) is 2.08. The lowest BCUT2D eigenvalue weighted by atomic mass is 10.1. The molecule has 0 spiro atoms. The Morgan fingerprint density at radius 2 is 2.08 bits per heavy atom. The molecule has 0 saturated carbocycles. The standard InChI is InChI=1S/C10H23NO/c1-4-8-11-10(5-2)7-6-9-12-3/h10-11H,4-9H2,1-3H3. The fraction of sp³-hybridized carbons (Fsp3) is 1.00. The summed E-state index contributed by atoms with van der Waals surface area (Å²) in [7, 11) is 1.76. The van der Waals surface area contributed by atoms with Crippen molar-refractivity contribution in [1.29, 1.82) is 0 Å². The van der Waals surface area contributed by atoms with Crippen molar-refractivity contribution in [3.05, 3.63) is 0 Å². The van der Waals surface area contributed by atoms with Gasteiger partial charge in [0.2, 0.25) is 0 Å². The van der Waals surface area contributed by atoms with Crippen molar-refractivity contribution in [3.8, 4) is 0 Å². The van der Waals surface area contributed by atoms with Crippen LogP contribution in [0.1, 0.15) is 39.5 Å². The van der Waals surface area contributed by atoms with Crippen molar-refractivity contribution in [3.63, 3.8) is 0 Å². The maximum atomic E-state index is 5.01. The zero-order valence-electron chi connectivity index (χ0n) is 8.73. The van der Waals surface area contributed by atoms with Crippen molar-refractivity contribution in [2.75, 3.05) is 20.3 Å². The van der Waals surface area contributed by atoms with Gasteiger partial charge in [-0.1, -0.05) is 13.8 Å². The summed E-state index contributed by atoms with van der Waals surface area (Å²) in [5.41, 5.74) is 0. The minimum absolute atomic E-state index is 0.695. The molecule has 0 aromatic carbocycles. The van der Waals surface area contributed by atoms with E-state index in [-0.39, 0.29) is 0 Å². The Morgan fingerprint density at radius 3 is 2.58 bits per heavy atom. The van der Waals surface area contributed by atoms with E-state index >= 15 is 0 Å². The van der Waals surface area contributed by atoms with Gasteiger partial charge in [0.1, 0.15) is 0 Å². The fourth-order valence-corrected chi connectivity index (χ4v) is 1.27. The van der Waals surface area contributed by atoms with Crippen molar-refractivity contribution in [2.45, 2.75) is 45.6 Å². The van der Waals surface area contributed by atoms with Gasteiger partial charge in [-0.25, -0.2) is 0 Å². The van der Waals surface area contributed by atoms with E-state index in [0.717, 1.165) is 13.2 Å². The summed E-state index contributed by atoms with van der Waals surface area (Å²) in [6.45, 7) is 6.48. The zero-order chi connectivity index (χ0) is 9.23. The number of methoxy groups -OCH3 is 1. The molecule has 0 aliphatic carbocycles. The molecular formula is C10H23NO. The van der Waals surface area contributed by atoms with Crippen LogP contribution in [0.15, 0.2) is 0 Å². The smallest absolute Gasteiger partial charge is 0.0462 e. The first kappa shape index (κ1) is 11.9. The van der Waals surface area contributed by atoms with Crippen LogP contribution in [0.4, 0.5) is 0 Å². The van der Waals surface area contributed by atoms with Crippen LogP contribution in [0, 0.1) is 0 Å². The molecule has 0 aromatic rings. The first-order valence-corrected chi connectivity index (χ1v) is 5.07. The molecule has 0 aliphatic heterocycles. The molecule has 12 heavy (non-hydrogen) atoms. The summed E-state index contributed by atoms with van der Waals surface area (Å²) in [5, 5.41) is 3.52. The molecule has 0 fully saturated rings. The molecule has 0 aromatic heterocycles. The van der Waals surface area contributed by atoms with Gasteiger partial charge in [-0.2, -0.15) is 0 Å². The lowest BCUT2D eigenvalue weighted by molar-refractivity contribution is 0.188. The van der Waals surface area contributed by atoms with E-state index < -0.39 is 0 Å². The fourth-order valence-electron chi connectivity index (χ4n) is 1.27. The van der Waals surface area contributed by atoms with Crippen molar-refractivity contribution in [2.24, 2.45) is 0 Å². The average molecular weight is 173 g/mol. The van der Waals surface area contributed by atoms with E-state index in [2.05, 4.69) is 19.2 Å². The van der Waals surface area contributed by atoms with Crippen molar-refractivity contribution >= 4 is 0 Å². The topological polar surface area (TPSA) is 21.3 Å². The third kappa shape index (κ3) is 6.62. The van der Waals surface area contributed by atoms with Crippen LogP contribution in [-0.2, 0) is 4.74 Å². The Bertz CT molecular complexity index is 85.9. The van der Waals surface area contributed by atoms with E-state index in [0.29, 0.717) is 6.04 Å². The van der Waals surface area contributed by atoms with Gasteiger partial charge in [0.15, 0.2) is 0 Å². The maximum Gasteiger partial charge on any atom is 0.0462 e. The lowest BCUT2D eigenvalue weighted by Gasteiger charge is -2.15. The lowest BCUT2D eigenvalue weighted by Crippen LogP contribution is -2.29. The average Bonchev–Trinajstić information content (AvgIpc) is 2.11. The van der Waals surface area contributed by atoms with Crippen LogP contribution >= 0.6 is 0 Å². The second-order valence-electron chi connectivity index (χ2n) is 3.19. The number of nitrogens with one attached hydrogen (secondary N) is 1. The largest absolute Gasteiger partial charge is 0.385 e. The number of hydrogen-bond donors (Lipinski definition) is 1. The quantitative estimate of drug-likeness (QED) is 0.568. The molecule has 1 atom stereocenters. The Kier molecular flexibility index (Phi) is 8.95. The minimum Gasteiger partial charge on any atom is -0.385 e. The van der Waals surface area contributed by atoms with Crippen LogP contribution in [0.2, 0.25) is 0 Å². The summed E-state index contributed by atoms with van der Waals surface area (Å²) in [6, 6.07) is 0.695. The Morgan fingerprint density at radius 1 is 1.33 bits per heavy atom. The normalized spacial score (nSPS) is 13.2. The predicted octanol–water partition coefficient (Wildman–Crippen LogP) is 2.19. The molecule has 2 heteroatoms. The molecule has 0 saturated heterocycles. The molecular weight excluding hydrogens is 150 g/mol. The van der Waals surface area contributed by atoms with Crippen LogP contribution < -0.4 is 5.32 Å². The minimum atomic E-state index is 0.695. The van der Waals surface area contributed by atoms with Gasteiger partial charge in [-0.3, -0.25) is 0 Å². The third-order valence-corrected chi connectivity index (χ3v) is 2.08. The van der Waals surface area contributed by atoms with Crippen LogP contribution in [0.3, 0.4) is 0 Å². The van der Waals surface area contributed by atoms with Gasteiger partial charge < -0.3 is 10.1 Å². The summed E-state index contributed by atoms with van der Waals surface area (Å²) in [4.78, 5) is 0. The highest BCUT2D eigenvalue weighted by atomic mass is 16.5. The molecule has 0 amide bonds. The Balaban J connectivity index is 3.26. The van der Waals surface area contributed by atoms with Crippen LogP contribution in [-0.4, -0.2) is 26.3 Å². The summed E-state index contributed by atoms with van der Waals surface area (Å²) in [5.74, 6) is 0. The molecule has 1 N–H and O–H groups in total. The van der Waals surface area contributed by atoms with Gasteiger partial charge in [0.05, 0.1) is 0 Å². The second-order valence-corrected chi connectivity index (χ2v) is 3.19. The highest BCUT2D eigenvalue weighted by Gasteiger charge is 2.02. The molecule has 0 radical (unpaired) electrons. The van der Waals surface area contributed by atoms with Crippen LogP contribution in [0.25, 0.3) is 0 Å².